The lowest BCUT2D eigenvalue weighted by Crippen LogP contribution is -2.12. The molecule has 3 aromatic rings. The molecule has 0 N–H and O–H groups in total. The summed E-state index contributed by atoms with van der Waals surface area (Å²) >= 11 is 0. The van der Waals surface area contributed by atoms with Crippen LogP contribution in [-0.4, -0.2) is 14.5 Å². The van der Waals surface area contributed by atoms with Crippen LogP contribution in [0.3, 0.4) is 0 Å². The minimum Gasteiger partial charge on any atom is -0.264 e. The summed E-state index contributed by atoms with van der Waals surface area (Å²) in [4.78, 5) is 4.21. The Bertz CT molecular complexity index is 613. The first-order valence-electron chi connectivity index (χ1n) is 7.15. The lowest BCUT2D eigenvalue weighted by atomic mass is 10.0. The third-order valence-electron chi connectivity index (χ3n) is 3.50. The van der Waals surface area contributed by atoms with Crippen molar-refractivity contribution in [3.05, 3.63) is 102 Å². The van der Waals surface area contributed by atoms with Gasteiger partial charge in [-0.15, -0.1) is 0 Å². The number of hydrogen-bond donors (Lipinski definition) is 0. The molecule has 0 amide bonds. The van der Waals surface area contributed by atoms with Crippen LogP contribution in [0.25, 0.3) is 0 Å². The zero-order chi connectivity index (χ0) is 14.3. The second kappa shape index (κ2) is 7.00. The molecule has 2 heteroatoms. The van der Waals surface area contributed by atoms with Gasteiger partial charge >= 0.3 is 0 Å². The van der Waals surface area contributed by atoms with E-state index >= 15 is 0 Å². The Morgan fingerprint density at radius 1 is 0.762 bits per heavy atom. The first kappa shape index (κ1) is 13.8. The summed E-state index contributed by atoms with van der Waals surface area (Å²) in [5.74, 6) is 0. The summed E-state index contributed by atoms with van der Waals surface area (Å²) in [7, 11) is 0.816. The second-order valence-corrected chi connectivity index (χ2v) is 6.34. The molecule has 0 aliphatic carbocycles. The van der Waals surface area contributed by atoms with Crippen LogP contribution in [0.5, 0.6) is 0 Å². The summed E-state index contributed by atoms with van der Waals surface area (Å²) in [6, 6.07) is 26.8. The van der Waals surface area contributed by atoms with Gasteiger partial charge < -0.3 is 0 Å². The van der Waals surface area contributed by atoms with E-state index in [1.54, 1.807) is 0 Å². The summed E-state index contributed by atoms with van der Waals surface area (Å²) in [5, 5.41) is 0. The quantitative estimate of drug-likeness (QED) is 0.644. The van der Waals surface area contributed by atoms with Gasteiger partial charge in [-0.1, -0.05) is 66.7 Å². The molecule has 0 saturated heterocycles. The average molecular weight is 287 g/mol. The smallest absolute Gasteiger partial charge is 0.0583 e. The zero-order valence-electron chi connectivity index (χ0n) is 11.8. The van der Waals surface area contributed by atoms with Crippen molar-refractivity contribution in [1.29, 1.82) is 0 Å². The van der Waals surface area contributed by atoms with E-state index in [4.69, 9.17) is 0 Å². The highest BCUT2D eigenvalue weighted by Gasteiger charge is 2.14. The highest BCUT2D eigenvalue weighted by Crippen LogP contribution is 2.24. The molecule has 0 unspecified atom stereocenters. The predicted octanol–water partition coefficient (Wildman–Crippen LogP) is 4.08. The molecule has 0 fully saturated rings. The SMILES string of the molecule is c1ccc(C([Si]Cc2cccnc2)c2ccccc2)cc1. The van der Waals surface area contributed by atoms with Gasteiger partial charge in [0.1, 0.15) is 0 Å². The van der Waals surface area contributed by atoms with Crippen molar-refractivity contribution in [3.63, 3.8) is 0 Å². The fraction of sp³-hybridized carbons (Fsp3) is 0.105. The van der Waals surface area contributed by atoms with Gasteiger partial charge in [-0.3, -0.25) is 4.98 Å². The Balaban J connectivity index is 1.83. The molecule has 0 saturated carbocycles. The molecule has 2 radical (unpaired) electrons. The molecule has 1 heterocycles. The molecule has 0 bridgehead atoms. The lowest BCUT2D eigenvalue weighted by molar-refractivity contribution is 1.10. The van der Waals surface area contributed by atoms with Gasteiger partial charge in [0.2, 0.25) is 0 Å². The maximum atomic E-state index is 4.21. The van der Waals surface area contributed by atoms with Gasteiger partial charge in [-0.2, -0.15) is 0 Å². The fourth-order valence-corrected chi connectivity index (χ4v) is 3.95. The Kier molecular flexibility index (Phi) is 4.59. The molecule has 1 aromatic heterocycles. The Morgan fingerprint density at radius 2 is 1.38 bits per heavy atom. The van der Waals surface area contributed by atoms with Crippen LogP contribution in [-0.2, 0) is 6.04 Å². The van der Waals surface area contributed by atoms with Crippen molar-refractivity contribution in [1.82, 2.24) is 4.98 Å². The average Bonchev–Trinajstić information content (AvgIpc) is 2.58. The normalized spacial score (nSPS) is 10.7. The maximum Gasteiger partial charge on any atom is 0.0583 e. The number of aromatic nitrogens is 1. The number of pyridine rings is 1. The van der Waals surface area contributed by atoms with Gasteiger partial charge in [0.15, 0.2) is 0 Å². The number of rotatable bonds is 5. The van der Waals surface area contributed by atoms with Crippen LogP contribution >= 0.6 is 0 Å². The third-order valence-corrected chi connectivity index (χ3v) is 5.19. The Hall–Kier alpha value is -2.19. The maximum absolute atomic E-state index is 4.21. The first-order chi connectivity index (χ1) is 10.4. The fourth-order valence-electron chi connectivity index (χ4n) is 2.44. The first-order valence-corrected chi connectivity index (χ1v) is 8.44. The molecule has 3 rings (SSSR count). The Labute approximate surface area is 128 Å². The number of nitrogens with zero attached hydrogens (tertiary/aromatic N) is 1. The molecule has 21 heavy (non-hydrogen) atoms. The van der Waals surface area contributed by atoms with Crippen LogP contribution in [0, 0.1) is 0 Å². The van der Waals surface area contributed by atoms with Crippen LogP contribution in [0.4, 0.5) is 0 Å². The number of hydrogen-bond acceptors (Lipinski definition) is 1. The lowest BCUT2D eigenvalue weighted by Gasteiger charge is -2.17. The van der Waals surface area contributed by atoms with Crippen LogP contribution in [0.15, 0.2) is 85.2 Å². The van der Waals surface area contributed by atoms with Gasteiger partial charge in [-0.25, -0.2) is 0 Å². The highest BCUT2D eigenvalue weighted by molar-refractivity contribution is 6.38. The van der Waals surface area contributed by atoms with Gasteiger partial charge in [0.25, 0.3) is 0 Å². The van der Waals surface area contributed by atoms with Gasteiger partial charge in [0, 0.05) is 12.4 Å². The summed E-state index contributed by atoms with van der Waals surface area (Å²) in [6.45, 7) is 0. The molecular weight excluding hydrogens is 270 g/mol. The van der Waals surface area contributed by atoms with Gasteiger partial charge in [-0.05, 0) is 34.3 Å². The molecule has 1 nitrogen and oxygen atoms in total. The van der Waals surface area contributed by atoms with Crippen LogP contribution in [0.1, 0.15) is 22.2 Å². The minimum atomic E-state index is 0.465. The van der Waals surface area contributed by atoms with E-state index in [0.29, 0.717) is 5.54 Å². The predicted molar refractivity (Wildman–Crippen MR) is 88.4 cm³/mol. The van der Waals surface area contributed by atoms with E-state index in [9.17, 15) is 0 Å². The molecule has 0 spiro atoms. The zero-order valence-corrected chi connectivity index (χ0v) is 12.8. The monoisotopic (exact) mass is 287 g/mol. The largest absolute Gasteiger partial charge is 0.264 e. The summed E-state index contributed by atoms with van der Waals surface area (Å²) in [5.41, 5.74) is 4.57. The van der Waals surface area contributed by atoms with E-state index in [-0.39, 0.29) is 0 Å². The van der Waals surface area contributed by atoms with Crippen molar-refractivity contribution in [2.24, 2.45) is 0 Å². The van der Waals surface area contributed by atoms with E-state index in [1.165, 1.54) is 16.7 Å². The van der Waals surface area contributed by atoms with E-state index in [2.05, 4.69) is 71.7 Å². The van der Waals surface area contributed by atoms with Gasteiger partial charge in [0.05, 0.1) is 9.52 Å². The number of benzene rings is 2. The second-order valence-electron chi connectivity index (χ2n) is 5.00. The third kappa shape index (κ3) is 3.67. The van der Waals surface area contributed by atoms with Crippen molar-refractivity contribution < 1.29 is 0 Å². The molecule has 0 aliphatic heterocycles. The Morgan fingerprint density at radius 3 is 1.90 bits per heavy atom. The van der Waals surface area contributed by atoms with E-state index in [1.807, 2.05) is 18.5 Å². The summed E-state index contributed by atoms with van der Waals surface area (Å²) in [6.07, 6.45) is 3.80. The van der Waals surface area contributed by atoms with Crippen molar-refractivity contribution in [3.8, 4) is 0 Å². The minimum absolute atomic E-state index is 0.465. The highest BCUT2D eigenvalue weighted by atomic mass is 28.2. The van der Waals surface area contributed by atoms with Crippen molar-refractivity contribution >= 4 is 9.52 Å². The van der Waals surface area contributed by atoms with E-state index < -0.39 is 0 Å². The molecule has 2 aromatic carbocycles. The standard InChI is InChI=1S/C19H17NSi/c1-3-9-17(10-4-1)19(18-11-5-2-6-12-18)21-15-16-8-7-13-20-14-16/h1-14,19H,15H2. The van der Waals surface area contributed by atoms with Crippen molar-refractivity contribution in [2.75, 3.05) is 0 Å². The topological polar surface area (TPSA) is 12.9 Å². The van der Waals surface area contributed by atoms with Crippen LogP contribution in [0.2, 0.25) is 0 Å². The van der Waals surface area contributed by atoms with Crippen LogP contribution < -0.4 is 0 Å². The molecular formula is C19H17NSi. The summed E-state index contributed by atoms with van der Waals surface area (Å²) < 4.78 is 0. The van der Waals surface area contributed by atoms with Crippen molar-refractivity contribution in [2.45, 2.75) is 11.6 Å². The molecule has 102 valence electrons. The van der Waals surface area contributed by atoms with E-state index in [0.717, 1.165) is 15.6 Å². The molecule has 0 atom stereocenters. The molecule has 0 aliphatic rings.